The predicted molar refractivity (Wildman–Crippen MR) is 105 cm³/mol. The number of piperidine rings is 1. The van der Waals surface area contributed by atoms with E-state index in [2.05, 4.69) is 5.32 Å². The third kappa shape index (κ3) is 4.35. The van der Waals surface area contributed by atoms with Gasteiger partial charge in [-0.2, -0.15) is 4.31 Å². The lowest BCUT2D eigenvalue weighted by Crippen LogP contribution is -2.35. The summed E-state index contributed by atoms with van der Waals surface area (Å²) in [5.41, 5.74) is 6.96. The van der Waals surface area contributed by atoms with Crippen molar-refractivity contribution >= 4 is 39.7 Å². The highest BCUT2D eigenvalue weighted by Crippen LogP contribution is 2.23. The molecule has 0 spiro atoms. The second kappa shape index (κ2) is 8.53. The smallest absolute Gasteiger partial charge is 0.257 e. The fourth-order valence-electron chi connectivity index (χ4n) is 2.89. The van der Waals surface area contributed by atoms with Gasteiger partial charge in [-0.1, -0.05) is 24.6 Å². The summed E-state index contributed by atoms with van der Waals surface area (Å²) in [7, 11) is -3.54. The molecule has 1 aliphatic rings. The Morgan fingerprint density at radius 2 is 1.69 bits per heavy atom. The fourth-order valence-corrected chi connectivity index (χ4v) is 4.45. The number of para-hydroxylation sites is 1. The molecular weight excluding hydrogens is 374 g/mol. The van der Waals surface area contributed by atoms with Crippen LogP contribution in [0.3, 0.4) is 0 Å². The molecule has 1 fully saturated rings. The van der Waals surface area contributed by atoms with Gasteiger partial charge in [0.2, 0.25) is 10.0 Å². The van der Waals surface area contributed by atoms with Crippen LogP contribution in [-0.2, 0) is 10.0 Å². The van der Waals surface area contributed by atoms with Gasteiger partial charge in [-0.15, -0.1) is 12.4 Å². The van der Waals surface area contributed by atoms with E-state index in [9.17, 15) is 13.2 Å². The first-order valence-electron chi connectivity index (χ1n) is 8.24. The van der Waals surface area contributed by atoms with Crippen LogP contribution in [0.15, 0.2) is 53.4 Å². The molecule has 1 amide bonds. The van der Waals surface area contributed by atoms with Gasteiger partial charge in [0.1, 0.15) is 0 Å². The number of sulfonamides is 1. The standard InChI is InChI=1S/C18H21N3O3S.ClH/c19-17-10-3-2-9-16(17)18(22)20-14-7-6-8-15(13-14)25(23,24)21-11-4-1-5-12-21;/h2-3,6-10,13H,1,4-5,11-12,19H2,(H,20,22);1H. The third-order valence-corrected chi connectivity index (χ3v) is 6.14. The molecule has 140 valence electrons. The van der Waals surface area contributed by atoms with Crippen molar-refractivity contribution in [3.8, 4) is 0 Å². The molecular formula is C18H22ClN3O3S. The van der Waals surface area contributed by atoms with E-state index in [0.717, 1.165) is 19.3 Å². The summed E-state index contributed by atoms with van der Waals surface area (Å²) < 4.78 is 27.0. The summed E-state index contributed by atoms with van der Waals surface area (Å²) in [6, 6.07) is 13.1. The van der Waals surface area contributed by atoms with Crippen molar-refractivity contribution < 1.29 is 13.2 Å². The van der Waals surface area contributed by atoms with Crippen LogP contribution in [0.1, 0.15) is 29.6 Å². The molecule has 2 aromatic rings. The second-order valence-corrected chi connectivity index (χ2v) is 7.97. The summed E-state index contributed by atoms with van der Waals surface area (Å²) in [6.45, 7) is 1.08. The van der Waals surface area contributed by atoms with Crippen LogP contribution in [0.4, 0.5) is 11.4 Å². The lowest BCUT2D eigenvalue weighted by molar-refractivity contribution is 0.102. The fraction of sp³-hybridized carbons (Fsp3) is 0.278. The molecule has 0 saturated carbocycles. The molecule has 3 N–H and O–H groups in total. The largest absolute Gasteiger partial charge is 0.398 e. The number of nitrogens with one attached hydrogen (secondary N) is 1. The molecule has 8 heteroatoms. The Labute approximate surface area is 159 Å². The van der Waals surface area contributed by atoms with E-state index in [0.29, 0.717) is 30.0 Å². The average molecular weight is 396 g/mol. The predicted octanol–water partition coefficient (Wildman–Crippen LogP) is 3.12. The number of hydrogen-bond acceptors (Lipinski definition) is 4. The van der Waals surface area contributed by atoms with Crippen molar-refractivity contribution in [1.29, 1.82) is 0 Å². The highest BCUT2D eigenvalue weighted by atomic mass is 35.5. The molecule has 2 aromatic carbocycles. The molecule has 1 heterocycles. The third-order valence-electron chi connectivity index (χ3n) is 4.25. The summed E-state index contributed by atoms with van der Waals surface area (Å²) in [5.74, 6) is -0.370. The summed E-state index contributed by atoms with van der Waals surface area (Å²) in [4.78, 5) is 12.5. The molecule has 0 atom stereocenters. The Hall–Kier alpha value is -2.09. The van der Waals surface area contributed by atoms with Gasteiger partial charge in [0, 0.05) is 24.5 Å². The van der Waals surface area contributed by atoms with E-state index in [1.807, 2.05) is 0 Å². The van der Waals surface area contributed by atoms with E-state index < -0.39 is 10.0 Å². The minimum atomic E-state index is -3.54. The zero-order chi connectivity index (χ0) is 17.9. The number of benzene rings is 2. The molecule has 6 nitrogen and oxygen atoms in total. The molecule has 26 heavy (non-hydrogen) atoms. The number of nitrogen functional groups attached to an aromatic ring is 1. The number of halogens is 1. The van der Waals surface area contributed by atoms with Crippen molar-refractivity contribution in [1.82, 2.24) is 4.31 Å². The van der Waals surface area contributed by atoms with E-state index in [1.165, 1.54) is 10.4 Å². The number of nitrogens with two attached hydrogens (primary N) is 1. The average Bonchev–Trinajstić information content (AvgIpc) is 2.63. The zero-order valence-corrected chi connectivity index (χ0v) is 15.9. The van der Waals surface area contributed by atoms with Gasteiger partial charge in [0.05, 0.1) is 10.5 Å². The number of hydrogen-bond donors (Lipinski definition) is 2. The Morgan fingerprint density at radius 3 is 2.38 bits per heavy atom. The van der Waals surface area contributed by atoms with Crippen molar-refractivity contribution in [2.45, 2.75) is 24.2 Å². The van der Waals surface area contributed by atoms with Gasteiger partial charge in [-0.3, -0.25) is 4.79 Å². The van der Waals surface area contributed by atoms with Crippen LogP contribution in [-0.4, -0.2) is 31.7 Å². The highest BCUT2D eigenvalue weighted by molar-refractivity contribution is 7.89. The quantitative estimate of drug-likeness (QED) is 0.778. The zero-order valence-electron chi connectivity index (χ0n) is 14.2. The van der Waals surface area contributed by atoms with E-state index in [4.69, 9.17) is 5.73 Å². The maximum atomic E-state index is 12.7. The molecule has 1 aliphatic heterocycles. The monoisotopic (exact) mass is 395 g/mol. The summed E-state index contributed by atoms with van der Waals surface area (Å²) in [5, 5.41) is 2.71. The molecule has 0 aromatic heterocycles. The minimum absolute atomic E-state index is 0. The van der Waals surface area contributed by atoms with Gasteiger partial charge in [0.15, 0.2) is 0 Å². The normalized spacial score (nSPS) is 15.1. The lowest BCUT2D eigenvalue weighted by Gasteiger charge is -2.26. The number of anilines is 2. The maximum absolute atomic E-state index is 12.7. The van der Waals surface area contributed by atoms with Crippen LogP contribution < -0.4 is 11.1 Å². The molecule has 0 aliphatic carbocycles. The number of nitrogens with zero attached hydrogens (tertiary/aromatic N) is 1. The second-order valence-electron chi connectivity index (χ2n) is 6.03. The van der Waals surface area contributed by atoms with E-state index >= 15 is 0 Å². The van der Waals surface area contributed by atoms with E-state index in [-0.39, 0.29) is 23.2 Å². The number of carbonyl (C=O) groups is 1. The van der Waals surface area contributed by atoms with Crippen LogP contribution in [0.25, 0.3) is 0 Å². The number of amides is 1. The van der Waals surface area contributed by atoms with Gasteiger partial charge in [-0.05, 0) is 43.2 Å². The van der Waals surface area contributed by atoms with Crippen molar-refractivity contribution in [2.24, 2.45) is 0 Å². The van der Waals surface area contributed by atoms with Crippen molar-refractivity contribution in [3.05, 3.63) is 54.1 Å². The first-order chi connectivity index (χ1) is 12.0. The number of rotatable bonds is 4. The molecule has 3 rings (SSSR count). The molecule has 0 unspecified atom stereocenters. The van der Waals surface area contributed by atoms with E-state index in [1.54, 1.807) is 42.5 Å². The van der Waals surface area contributed by atoms with Gasteiger partial charge < -0.3 is 11.1 Å². The Balaban J connectivity index is 0.00000243. The highest BCUT2D eigenvalue weighted by Gasteiger charge is 2.26. The molecule has 0 radical (unpaired) electrons. The van der Waals surface area contributed by atoms with Crippen LogP contribution in [0.2, 0.25) is 0 Å². The van der Waals surface area contributed by atoms with Gasteiger partial charge in [-0.25, -0.2) is 8.42 Å². The summed E-state index contributed by atoms with van der Waals surface area (Å²) >= 11 is 0. The summed E-state index contributed by atoms with van der Waals surface area (Å²) in [6.07, 6.45) is 2.81. The van der Waals surface area contributed by atoms with Gasteiger partial charge >= 0.3 is 0 Å². The first-order valence-corrected chi connectivity index (χ1v) is 9.68. The van der Waals surface area contributed by atoms with Crippen molar-refractivity contribution in [3.63, 3.8) is 0 Å². The van der Waals surface area contributed by atoms with Gasteiger partial charge in [0.25, 0.3) is 5.91 Å². The lowest BCUT2D eigenvalue weighted by atomic mass is 10.1. The number of carbonyl (C=O) groups excluding carboxylic acids is 1. The molecule has 1 saturated heterocycles. The maximum Gasteiger partial charge on any atom is 0.257 e. The Bertz CT molecular complexity index is 881. The minimum Gasteiger partial charge on any atom is -0.398 e. The van der Waals surface area contributed by atoms with Crippen LogP contribution >= 0.6 is 12.4 Å². The van der Waals surface area contributed by atoms with Crippen molar-refractivity contribution in [2.75, 3.05) is 24.1 Å². The van der Waals surface area contributed by atoms with Crippen LogP contribution in [0, 0.1) is 0 Å². The SMILES string of the molecule is Cl.Nc1ccccc1C(=O)Nc1cccc(S(=O)(=O)N2CCCCC2)c1. The van der Waals surface area contributed by atoms with Crippen LogP contribution in [0.5, 0.6) is 0 Å². The molecule has 0 bridgehead atoms. The Kier molecular flexibility index (Phi) is 6.63. The topological polar surface area (TPSA) is 92.5 Å². The first kappa shape index (κ1) is 20.2. The Morgan fingerprint density at radius 1 is 1.00 bits per heavy atom.